The number of aromatic nitrogens is 3. The van der Waals surface area contributed by atoms with Gasteiger partial charge in [0.2, 0.25) is 5.91 Å². The van der Waals surface area contributed by atoms with E-state index in [1.807, 2.05) is 53.3 Å². The quantitative estimate of drug-likeness (QED) is 0.451. The fraction of sp³-hybridized carbons (Fsp3) is 0.286. The molecular weight excluding hydrogens is 422 g/mol. The van der Waals surface area contributed by atoms with Gasteiger partial charge in [-0.25, -0.2) is 4.68 Å². The van der Waals surface area contributed by atoms with Crippen molar-refractivity contribution in [2.45, 2.75) is 32.9 Å². The zero-order valence-corrected chi connectivity index (χ0v) is 19.7. The maximum atomic E-state index is 12.8. The Morgan fingerprint density at radius 2 is 1.68 bits per heavy atom. The first-order valence-corrected chi connectivity index (χ1v) is 12.1. The van der Waals surface area contributed by atoms with Gasteiger partial charge in [0.1, 0.15) is 12.4 Å². The summed E-state index contributed by atoms with van der Waals surface area (Å²) in [6, 6.07) is 22.6. The normalized spacial score (nSPS) is 18.0. The molecule has 0 radical (unpaired) electrons. The molecular formula is C28H32N5O+. The summed E-state index contributed by atoms with van der Waals surface area (Å²) < 4.78 is 4.15. The van der Waals surface area contributed by atoms with Gasteiger partial charge < -0.3 is 14.8 Å². The van der Waals surface area contributed by atoms with E-state index in [1.165, 1.54) is 21.6 Å². The number of hydrogen-bond acceptors (Lipinski definition) is 2. The molecule has 0 atom stereocenters. The fourth-order valence-corrected chi connectivity index (χ4v) is 4.88. The first kappa shape index (κ1) is 22.2. The molecule has 34 heavy (non-hydrogen) atoms. The number of carbonyl (C=O) groups excluding carboxylic acids is 1. The Morgan fingerprint density at radius 3 is 2.41 bits per heavy atom. The molecule has 1 aliphatic rings. The van der Waals surface area contributed by atoms with Crippen LogP contribution in [0.4, 0.5) is 0 Å². The second kappa shape index (κ2) is 10.1. The molecule has 0 aliphatic carbocycles. The molecule has 6 heteroatoms. The van der Waals surface area contributed by atoms with Gasteiger partial charge >= 0.3 is 0 Å². The Morgan fingerprint density at radius 1 is 0.971 bits per heavy atom. The SMILES string of the molecule is Cc1ccccc1CNC(=O)C1CC[NH+](Cc2cnn(-c3ccccc3)c2-n2cccc2)CC1. The van der Waals surface area contributed by atoms with Crippen LogP contribution in [0.1, 0.15) is 29.5 Å². The summed E-state index contributed by atoms with van der Waals surface area (Å²) in [5.41, 5.74) is 4.68. The Bertz CT molecular complexity index is 1220. The van der Waals surface area contributed by atoms with Crippen molar-refractivity contribution in [1.82, 2.24) is 19.7 Å². The highest BCUT2D eigenvalue weighted by atomic mass is 16.1. The first-order chi connectivity index (χ1) is 16.7. The average molecular weight is 455 g/mol. The number of nitrogens with zero attached hydrogens (tertiary/aromatic N) is 3. The highest BCUT2D eigenvalue weighted by molar-refractivity contribution is 5.78. The van der Waals surface area contributed by atoms with Crippen LogP contribution < -0.4 is 10.2 Å². The van der Waals surface area contributed by atoms with Crippen molar-refractivity contribution in [3.8, 4) is 11.5 Å². The molecule has 1 fully saturated rings. The third-order valence-electron chi connectivity index (χ3n) is 6.88. The molecule has 6 nitrogen and oxygen atoms in total. The van der Waals surface area contributed by atoms with E-state index in [1.54, 1.807) is 0 Å². The molecule has 0 spiro atoms. The Hall–Kier alpha value is -3.64. The zero-order valence-electron chi connectivity index (χ0n) is 19.7. The van der Waals surface area contributed by atoms with Crippen LogP contribution in [0.3, 0.4) is 0 Å². The largest absolute Gasteiger partial charge is 0.352 e. The van der Waals surface area contributed by atoms with Crippen LogP contribution in [-0.4, -0.2) is 33.3 Å². The predicted octanol–water partition coefficient (Wildman–Crippen LogP) is 3.08. The number of carbonyl (C=O) groups is 1. The molecule has 2 aromatic carbocycles. The molecule has 1 saturated heterocycles. The monoisotopic (exact) mass is 454 g/mol. The fourth-order valence-electron chi connectivity index (χ4n) is 4.88. The van der Waals surface area contributed by atoms with Crippen LogP contribution in [0.25, 0.3) is 11.5 Å². The van der Waals surface area contributed by atoms with E-state index in [4.69, 9.17) is 5.10 Å². The van der Waals surface area contributed by atoms with Crippen molar-refractivity contribution in [2.24, 2.45) is 5.92 Å². The van der Waals surface area contributed by atoms with E-state index < -0.39 is 0 Å². The maximum absolute atomic E-state index is 12.8. The van der Waals surface area contributed by atoms with Gasteiger partial charge in [-0.3, -0.25) is 4.79 Å². The van der Waals surface area contributed by atoms with Crippen LogP contribution in [0.2, 0.25) is 0 Å². The lowest BCUT2D eigenvalue weighted by atomic mass is 9.95. The van der Waals surface area contributed by atoms with Gasteiger partial charge in [-0.15, -0.1) is 0 Å². The number of nitrogens with one attached hydrogen (secondary N) is 2. The van der Waals surface area contributed by atoms with Crippen molar-refractivity contribution in [1.29, 1.82) is 0 Å². The number of para-hydroxylation sites is 1. The second-order valence-electron chi connectivity index (χ2n) is 9.18. The summed E-state index contributed by atoms with van der Waals surface area (Å²) in [4.78, 5) is 14.3. The smallest absolute Gasteiger partial charge is 0.223 e. The van der Waals surface area contributed by atoms with E-state index in [0.717, 1.165) is 44.0 Å². The maximum Gasteiger partial charge on any atom is 0.223 e. The number of aryl methyl sites for hydroxylation is 1. The Kier molecular flexibility index (Phi) is 6.58. The molecule has 174 valence electrons. The lowest BCUT2D eigenvalue weighted by Gasteiger charge is -2.28. The van der Waals surface area contributed by atoms with Crippen molar-refractivity contribution < 1.29 is 9.69 Å². The van der Waals surface area contributed by atoms with Crippen LogP contribution in [0.5, 0.6) is 0 Å². The van der Waals surface area contributed by atoms with Gasteiger partial charge in [0.05, 0.1) is 30.5 Å². The Labute approximate surface area is 200 Å². The number of quaternary nitrogens is 1. The van der Waals surface area contributed by atoms with Crippen molar-refractivity contribution >= 4 is 5.91 Å². The number of piperidine rings is 1. The summed E-state index contributed by atoms with van der Waals surface area (Å²) >= 11 is 0. The van der Waals surface area contributed by atoms with E-state index in [9.17, 15) is 4.79 Å². The molecule has 4 aromatic rings. The van der Waals surface area contributed by atoms with Crippen molar-refractivity contribution in [3.05, 3.63) is 102 Å². The van der Waals surface area contributed by atoms with Gasteiger partial charge in [0.25, 0.3) is 0 Å². The summed E-state index contributed by atoms with van der Waals surface area (Å²) in [6.07, 6.45) is 7.97. The van der Waals surface area contributed by atoms with Gasteiger partial charge in [-0.05, 0) is 42.3 Å². The first-order valence-electron chi connectivity index (χ1n) is 12.1. The van der Waals surface area contributed by atoms with Crippen molar-refractivity contribution in [2.75, 3.05) is 13.1 Å². The molecule has 2 aromatic heterocycles. The van der Waals surface area contributed by atoms with Gasteiger partial charge in [0.15, 0.2) is 0 Å². The summed E-state index contributed by atoms with van der Waals surface area (Å²) in [6.45, 7) is 5.58. The highest BCUT2D eigenvalue weighted by Gasteiger charge is 2.28. The molecule has 2 N–H and O–H groups in total. The van der Waals surface area contributed by atoms with Gasteiger partial charge in [-0.1, -0.05) is 42.5 Å². The zero-order chi connectivity index (χ0) is 23.3. The minimum absolute atomic E-state index is 0.101. The van der Waals surface area contributed by atoms with Crippen molar-refractivity contribution in [3.63, 3.8) is 0 Å². The molecule has 5 rings (SSSR count). The standard InChI is InChI=1S/C28H31N5O/c1-22-9-5-6-10-24(22)19-29-27(34)23-13-17-31(18-14-23)21-25-20-30-33(26-11-3-2-4-12-26)28(25)32-15-7-8-16-32/h2-12,15-16,20,23H,13-14,17-19,21H2,1H3,(H,29,34)/p+1. The summed E-state index contributed by atoms with van der Waals surface area (Å²) in [5, 5.41) is 7.89. The Balaban J connectivity index is 1.22. The van der Waals surface area contributed by atoms with E-state index in [0.29, 0.717) is 6.54 Å². The predicted molar refractivity (Wildman–Crippen MR) is 133 cm³/mol. The number of rotatable bonds is 7. The molecule has 0 unspecified atom stereocenters. The minimum Gasteiger partial charge on any atom is -0.352 e. The van der Waals surface area contributed by atoms with Gasteiger partial charge in [0, 0.05) is 37.7 Å². The number of benzene rings is 2. The van der Waals surface area contributed by atoms with Gasteiger partial charge in [-0.2, -0.15) is 5.10 Å². The molecule has 1 amide bonds. The summed E-state index contributed by atoms with van der Waals surface area (Å²) in [5.74, 6) is 1.37. The molecule has 0 bridgehead atoms. The van der Waals surface area contributed by atoms with Crippen LogP contribution in [0, 0.1) is 12.8 Å². The highest BCUT2D eigenvalue weighted by Crippen LogP contribution is 2.20. The third-order valence-corrected chi connectivity index (χ3v) is 6.88. The number of hydrogen-bond donors (Lipinski definition) is 2. The lowest BCUT2D eigenvalue weighted by molar-refractivity contribution is -0.919. The molecule has 1 aliphatic heterocycles. The molecule has 3 heterocycles. The van der Waals surface area contributed by atoms with E-state index in [2.05, 4.69) is 53.5 Å². The lowest BCUT2D eigenvalue weighted by Crippen LogP contribution is -3.11. The second-order valence-corrected chi connectivity index (χ2v) is 9.18. The number of amides is 1. The number of likely N-dealkylation sites (tertiary alicyclic amines) is 1. The molecule has 0 saturated carbocycles. The van der Waals surface area contributed by atoms with Crippen LogP contribution >= 0.6 is 0 Å². The van der Waals surface area contributed by atoms with E-state index >= 15 is 0 Å². The van der Waals surface area contributed by atoms with Crippen LogP contribution in [-0.2, 0) is 17.9 Å². The van der Waals surface area contributed by atoms with E-state index in [-0.39, 0.29) is 11.8 Å². The average Bonchev–Trinajstić information content (AvgIpc) is 3.54. The minimum atomic E-state index is 0.101. The van der Waals surface area contributed by atoms with Crippen LogP contribution in [0.15, 0.2) is 85.3 Å². The topological polar surface area (TPSA) is 56.3 Å². The third kappa shape index (κ3) is 4.82. The summed E-state index contributed by atoms with van der Waals surface area (Å²) in [7, 11) is 0.